The number of hydrogen-bond acceptors (Lipinski definition) is 2. The lowest BCUT2D eigenvalue weighted by atomic mass is 9.71. The largest absolute Gasteiger partial charge is 0.497 e. The van der Waals surface area contributed by atoms with E-state index in [0.29, 0.717) is 16.3 Å². The zero-order valence-electron chi connectivity index (χ0n) is 14.5. The molecule has 0 saturated heterocycles. The van der Waals surface area contributed by atoms with Crippen molar-refractivity contribution in [1.82, 2.24) is 5.32 Å². The van der Waals surface area contributed by atoms with Gasteiger partial charge in [-0.15, -0.1) is 0 Å². The Labute approximate surface area is 153 Å². The van der Waals surface area contributed by atoms with Gasteiger partial charge in [-0.2, -0.15) is 0 Å². The summed E-state index contributed by atoms with van der Waals surface area (Å²) in [6.07, 6.45) is 4.24. The fourth-order valence-electron chi connectivity index (χ4n) is 8.45. The second-order valence-corrected chi connectivity index (χ2v) is 9.40. The summed E-state index contributed by atoms with van der Waals surface area (Å²) in [7, 11) is 1.60. The molecule has 6 bridgehead atoms. The van der Waals surface area contributed by atoms with Gasteiger partial charge in [0, 0.05) is 6.54 Å². The fourth-order valence-corrected chi connectivity index (χ4v) is 8.66. The van der Waals surface area contributed by atoms with Gasteiger partial charge in [-0.25, -0.2) is 0 Å². The van der Waals surface area contributed by atoms with Crippen LogP contribution in [-0.2, 0) is 0 Å². The van der Waals surface area contributed by atoms with Crippen LogP contribution in [0.2, 0.25) is 5.02 Å². The number of methoxy groups -OCH3 is 1. The van der Waals surface area contributed by atoms with Gasteiger partial charge in [-0.1, -0.05) is 11.6 Å². The smallest absolute Gasteiger partial charge is 0.252 e. The molecule has 0 spiro atoms. The van der Waals surface area contributed by atoms with Gasteiger partial charge in [0.2, 0.25) is 0 Å². The third-order valence-corrected chi connectivity index (χ3v) is 8.99. The van der Waals surface area contributed by atoms with E-state index in [4.69, 9.17) is 16.3 Å². The van der Waals surface area contributed by atoms with E-state index in [1.807, 2.05) is 0 Å². The third kappa shape index (κ3) is 1.71. The van der Waals surface area contributed by atoms with Crippen molar-refractivity contribution in [2.45, 2.75) is 19.3 Å². The minimum absolute atomic E-state index is 0.0780. The van der Waals surface area contributed by atoms with Crippen molar-refractivity contribution < 1.29 is 9.53 Å². The molecule has 8 atom stereocenters. The molecule has 1 aromatic carbocycles. The molecular weight excluding hydrogens is 334 g/mol. The van der Waals surface area contributed by atoms with Crippen LogP contribution < -0.4 is 10.1 Å². The molecule has 1 amide bonds. The molecule has 8 unspecified atom stereocenters. The van der Waals surface area contributed by atoms with Crippen molar-refractivity contribution in [3.05, 3.63) is 28.8 Å². The molecule has 0 aliphatic heterocycles. The minimum Gasteiger partial charge on any atom is -0.497 e. The number of rotatable bonds is 5. The summed E-state index contributed by atoms with van der Waals surface area (Å²) in [5.74, 6) is 9.90. The van der Waals surface area contributed by atoms with Gasteiger partial charge >= 0.3 is 0 Å². The summed E-state index contributed by atoms with van der Waals surface area (Å²) in [5.41, 5.74) is 0.514. The Hall–Kier alpha value is -1.22. The van der Waals surface area contributed by atoms with Crippen molar-refractivity contribution in [1.29, 1.82) is 0 Å². The average Bonchev–Trinajstić information content (AvgIpc) is 3.34. The number of benzene rings is 1. The van der Waals surface area contributed by atoms with Crippen LogP contribution >= 0.6 is 11.6 Å². The van der Waals surface area contributed by atoms with E-state index in [9.17, 15) is 4.79 Å². The van der Waals surface area contributed by atoms with Gasteiger partial charge in [0.25, 0.3) is 5.91 Å². The Balaban J connectivity index is 1.13. The van der Waals surface area contributed by atoms with E-state index >= 15 is 0 Å². The second kappa shape index (κ2) is 4.94. The van der Waals surface area contributed by atoms with Crippen molar-refractivity contribution >= 4 is 17.5 Å². The number of carbonyl (C=O) groups excluding carboxylic acids is 1. The number of halogens is 1. The highest BCUT2D eigenvalue weighted by atomic mass is 35.5. The van der Waals surface area contributed by atoms with Gasteiger partial charge in [-0.05, 0) is 90.7 Å². The molecule has 4 heteroatoms. The van der Waals surface area contributed by atoms with E-state index in [2.05, 4.69) is 5.32 Å². The summed E-state index contributed by atoms with van der Waals surface area (Å²) in [6, 6.07) is 5.23. The maximum Gasteiger partial charge on any atom is 0.252 e. The standard InChI is InChI=1S/C21H24ClNO2/c1-25-9-2-3-16(22)13(6-9)21(24)23-5-4-10-17-14-7-11-12-8-15(19(11)17)18(10)20(12)14/h2-3,6,10-12,14-15,17-20H,4-5,7-8H2,1H3,(H,23,24). The lowest BCUT2D eigenvalue weighted by Crippen LogP contribution is -2.30. The monoisotopic (exact) mass is 357 g/mol. The molecule has 6 fully saturated rings. The molecule has 0 heterocycles. The van der Waals surface area contributed by atoms with E-state index in [-0.39, 0.29) is 5.91 Å². The highest BCUT2D eigenvalue weighted by molar-refractivity contribution is 6.33. The molecule has 3 nitrogen and oxygen atoms in total. The van der Waals surface area contributed by atoms with Crippen LogP contribution in [0.1, 0.15) is 29.6 Å². The molecular formula is C21H24ClNO2. The van der Waals surface area contributed by atoms with E-state index < -0.39 is 0 Å². The molecule has 0 radical (unpaired) electrons. The average molecular weight is 358 g/mol. The molecule has 0 aromatic heterocycles. The summed E-state index contributed by atoms with van der Waals surface area (Å²) >= 11 is 6.19. The maximum atomic E-state index is 12.5. The highest BCUT2D eigenvalue weighted by Crippen LogP contribution is 2.84. The van der Waals surface area contributed by atoms with E-state index in [1.165, 1.54) is 0 Å². The van der Waals surface area contributed by atoms with Gasteiger partial charge in [0.1, 0.15) is 5.75 Å². The zero-order chi connectivity index (χ0) is 16.9. The predicted octanol–water partition coefficient (Wildman–Crippen LogP) is 3.86. The third-order valence-electron chi connectivity index (χ3n) is 8.66. The van der Waals surface area contributed by atoms with Gasteiger partial charge in [-0.3, -0.25) is 4.79 Å². The lowest BCUT2D eigenvalue weighted by Gasteiger charge is -2.33. The summed E-state index contributed by atoms with van der Waals surface area (Å²) in [6.45, 7) is 0.776. The predicted molar refractivity (Wildman–Crippen MR) is 95.6 cm³/mol. The van der Waals surface area contributed by atoms with Crippen LogP contribution in [0, 0.1) is 53.3 Å². The van der Waals surface area contributed by atoms with Gasteiger partial charge < -0.3 is 10.1 Å². The first-order chi connectivity index (χ1) is 12.2. The molecule has 1 N–H and O–H groups in total. The minimum atomic E-state index is -0.0780. The number of hydrogen-bond donors (Lipinski definition) is 1. The van der Waals surface area contributed by atoms with Crippen molar-refractivity contribution in [3.8, 4) is 5.75 Å². The molecule has 1 aromatic rings. The normalized spacial score (nSPS) is 46.6. The van der Waals surface area contributed by atoms with Crippen LogP contribution in [0.5, 0.6) is 5.75 Å². The first-order valence-electron chi connectivity index (χ1n) is 9.80. The second-order valence-electron chi connectivity index (χ2n) is 8.99. The van der Waals surface area contributed by atoms with Crippen LogP contribution in [0.3, 0.4) is 0 Å². The highest BCUT2D eigenvalue weighted by Gasteiger charge is 2.79. The summed E-state index contributed by atoms with van der Waals surface area (Å²) < 4.78 is 5.21. The van der Waals surface area contributed by atoms with Crippen LogP contribution in [0.15, 0.2) is 18.2 Å². The van der Waals surface area contributed by atoms with Crippen molar-refractivity contribution in [2.75, 3.05) is 13.7 Å². The molecule has 7 rings (SSSR count). The van der Waals surface area contributed by atoms with Gasteiger partial charge in [0.05, 0.1) is 17.7 Å². The SMILES string of the molecule is COc1ccc(Cl)c(C(=O)NCCC2C3C4CC5C6CC(C53)C2C64)c1. The van der Waals surface area contributed by atoms with Crippen LogP contribution in [0.4, 0.5) is 0 Å². The lowest BCUT2D eigenvalue weighted by molar-refractivity contribution is 0.0949. The number of carbonyl (C=O) groups is 1. The summed E-state index contributed by atoms with van der Waals surface area (Å²) in [4.78, 5) is 12.5. The Bertz CT molecular complexity index is 736. The zero-order valence-corrected chi connectivity index (χ0v) is 15.2. The Kier molecular flexibility index (Phi) is 2.94. The fraction of sp³-hybridized carbons (Fsp3) is 0.667. The molecule has 6 aliphatic carbocycles. The Morgan fingerprint density at radius 2 is 1.80 bits per heavy atom. The van der Waals surface area contributed by atoms with E-state index in [1.54, 1.807) is 38.2 Å². The number of ether oxygens (including phenoxy) is 1. The number of amides is 1. The molecule has 6 aliphatic rings. The van der Waals surface area contributed by atoms with Crippen LogP contribution in [-0.4, -0.2) is 19.6 Å². The number of nitrogens with one attached hydrogen (secondary N) is 1. The Morgan fingerprint density at radius 1 is 1.12 bits per heavy atom. The Morgan fingerprint density at radius 3 is 2.44 bits per heavy atom. The first kappa shape index (κ1) is 14.9. The molecule has 6 saturated carbocycles. The first-order valence-corrected chi connectivity index (χ1v) is 10.2. The molecule has 25 heavy (non-hydrogen) atoms. The van der Waals surface area contributed by atoms with Crippen molar-refractivity contribution in [3.63, 3.8) is 0 Å². The van der Waals surface area contributed by atoms with Crippen molar-refractivity contribution in [2.24, 2.45) is 53.3 Å². The molecule has 132 valence electrons. The maximum absolute atomic E-state index is 12.5. The van der Waals surface area contributed by atoms with Crippen LogP contribution in [0.25, 0.3) is 0 Å². The quantitative estimate of drug-likeness (QED) is 0.868. The van der Waals surface area contributed by atoms with E-state index in [0.717, 1.165) is 66.2 Å². The summed E-state index contributed by atoms with van der Waals surface area (Å²) in [5, 5.41) is 3.60. The topological polar surface area (TPSA) is 38.3 Å². The van der Waals surface area contributed by atoms with Gasteiger partial charge in [0.15, 0.2) is 0 Å².